The summed E-state index contributed by atoms with van der Waals surface area (Å²) in [5.41, 5.74) is 13.6. The van der Waals surface area contributed by atoms with Crippen molar-refractivity contribution < 1.29 is 4.39 Å². The fourth-order valence-corrected chi connectivity index (χ4v) is 1.88. The summed E-state index contributed by atoms with van der Waals surface area (Å²) in [7, 11) is 0. The Morgan fingerprint density at radius 3 is 2.92 bits per heavy atom. The fourth-order valence-electron chi connectivity index (χ4n) is 1.88. The van der Waals surface area contributed by atoms with E-state index in [1.54, 1.807) is 6.07 Å². The molecule has 0 heterocycles. The van der Waals surface area contributed by atoms with Crippen LogP contribution in [0.25, 0.3) is 0 Å². The van der Waals surface area contributed by atoms with E-state index >= 15 is 0 Å². The van der Waals surface area contributed by atoms with Crippen LogP contribution >= 0.6 is 0 Å². The van der Waals surface area contributed by atoms with E-state index in [1.165, 1.54) is 6.07 Å². The van der Waals surface area contributed by atoms with Crippen LogP contribution in [-0.4, -0.2) is 0 Å². The fraction of sp³-hybridized carbons (Fsp3) is 0.400. The smallest absolute Gasteiger partial charge is 0.146 e. The van der Waals surface area contributed by atoms with Gasteiger partial charge in [-0.05, 0) is 42.5 Å². The van der Waals surface area contributed by atoms with Gasteiger partial charge in [-0.2, -0.15) is 0 Å². The molecule has 70 valence electrons. The molecule has 0 fully saturated rings. The van der Waals surface area contributed by atoms with Crippen LogP contribution in [0.4, 0.5) is 10.1 Å². The normalized spacial score (nSPS) is 21.2. The van der Waals surface area contributed by atoms with Crippen LogP contribution in [0.1, 0.15) is 30.0 Å². The number of nitrogen functional groups attached to an aromatic ring is 1. The zero-order valence-electron chi connectivity index (χ0n) is 7.39. The number of hydrogen-bond acceptors (Lipinski definition) is 2. The summed E-state index contributed by atoms with van der Waals surface area (Å²) in [5, 5.41) is 0. The highest BCUT2D eigenvalue weighted by Crippen LogP contribution is 2.30. The van der Waals surface area contributed by atoms with Gasteiger partial charge in [0.25, 0.3) is 0 Å². The molecule has 0 amide bonds. The van der Waals surface area contributed by atoms with Crippen molar-refractivity contribution in [2.75, 3.05) is 5.73 Å². The van der Waals surface area contributed by atoms with Gasteiger partial charge in [-0.3, -0.25) is 0 Å². The molecule has 1 atom stereocenters. The third-order valence-corrected chi connectivity index (χ3v) is 2.62. The molecule has 1 aromatic carbocycles. The van der Waals surface area contributed by atoms with Gasteiger partial charge in [-0.15, -0.1) is 0 Å². The topological polar surface area (TPSA) is 52.0 Å². The number of benzene rings is 1. The van der Waals surface area contributed by atoms with E-state index in [0.717, 1.165) is 30.4 Å². The number of anilines is 1. The van der Waals surface area contributed by atoms with Crippen molar-refractivity contribution in [3.8, 4) is 0 Å². The Bertz CT molecular complexity index is 336. The lowest BCUT2D eigenvalue weighted by atomic mass is 9.88. The molecule has 0 aliphatic heterocycles. The summed E-state index contributed by atoms with van der Waals surface area (Å²) in [4.78, 5) is 0. The Hall–Kier alpha value is -1.09. The molecule has 0 radical (unpaired) electrons. The highest BCUT2D eigenvalue weighted by Gasteiger charge is 2.18. The summed E-state index contributed by atoms with van der Waals surface area (Å²) < 4.78 is 13.1. The van der Waals surface area contributed by atoms with E-state index in [9.17, 15) is 4.39 Å². The van der Waals surface area contributed by atoms with Crippen LogP contribution in [0.2, 0.25) is 0 Å². The number of hydrogen-bond donors (Lipinski definition) is 2. The molecule has 0 spiro atoms. The summed E-state index contributed by atoms with van der Waals surface area (Å²) in [6.45, 7) is 0. The van der Waals surface area contributed by atoms with Gasteiger partial charge in [0.15, 0.2) is 0 Å². The maximum absolute atomic E-state index is 13.1. The lowest BCUT2D eigenvalue weighted by Gasteiger charge is -2.22. The average Bonchev–Trinajstić information content (AvgIpc) is 2.09. The molecule has 1 aliphatic rings. The minimum absolute atomic E-state index is 0.0339. The van der Waals surface area contributed by atoms with Gasteiger partial charge in [-0.25, -0.2) is 4.39 Å². The van der Waals surface area contributed by atoms with Crippen molar-refractivity contribution in [3.05, 3.63) is 29.1 Å². The van der Waals surface area contributed by atoms with Crippen LogP contribution in [0.3, 0.4) is 0 Å². The maximum atomic E-state index is 13.1. The van der Waals surface area contributed by atoms with Gasteiger partial charge >= 0.3 is 0 Å². The minimum Gasteiger partial charge on any atom is -0.396 e. The van der Waals surface area contributed by atoms with Gasteiger partial charge in [0.05, 0.1) is 5.69 Å². The average molecular weight is 180 g/mol. The monoisotopic (exact) mass is 180 g/mol. The third-order valence-electron chi connectivity index (χ3n) is 2.62. The molecule has 2 rings (SSSR count). The molecule has 4 N–H and O–H groups in total. The molecule has 0 aromatic heterocycles. The highest BCUT2D eigenvalue weighted by atomic mass is 19.1. The van der Waals surface area contributed by atoms with Crippen LogP contribution in [0.15, 0.2) is 12.1 Å². The standard InChI is InChI=1S/C10H13FN2/c11-8-4-6-2-1-3-9(12)7(6)5-10(8)13/h4-5,9H,1-3,12-13H2. The van der Waals surface area contributed by atoms with Crippen LogP contribution in [0, 0.1) is 5.82 Å². The van der Waals surface area contributed by atoms with E-state index in [1.807, 2.05) is 0 Å². The summed E-state index contributed by atoms with van der Waals surface area (Å²) in [6.07, 6.45) is 2.93. The van der Waals surface area contributed by atoms with Gasteiger partial charge in [0.2, 0.25) is 0 Å². The van der Waals surface area contributed by atoms with E-state index in [2.05, 4.69) is 0 Å². The highest BCUT2D eigenvalue weighted by molar-refractivity contribution is 5.48. The van der Waals surface area contributed by atoms with E-state index in [0.29, 0.717) is 0 Å². The first-order chi connectivity index (χ1) is 6.18. The zero-order valence-corrected chi connectivity index (χ0v) is 7.39. The lowest BCUT2D eigenvalue weighted by Crippen LogP contribution is -2.18. The summed E-state index contributed by atoms with van der Waals surface area (Å²) in [5.74, 6) is -0.326. The Kier molecular flexibility index (Phi) is 1.96. The second-order valence-corrected chi connectivity index (χ2v) is 3.57. The number of rotatable bonds is 0. The lowest BCUT2D eigenvalue weighted by molar-refractivity contribution is 0.561. The predicted octanol–water partition coefficient (Wildman–Crippen LogP) is 1.74. The number of halogens is 1. The quantitative estimate of drug-likeness (QED) is 0.597. The van der Waals surface area contributed by atoms with Gasteiger partial charge in [0.1, 0.15) is 5.82 Å². The minimum atomic E-state index is -0.326. The molecular formula is C10H13FN2. The van der Waals surface area contributed by atoms with Crippen LogP contribution in [-0.2, 0) is 6.42 Å². The SMILES string of the molecule is Nc1cc2c(cc1F)CCCC2N. The molecule has 3 heteroatoms. The van der Waals surface area contributed by atoms with E-state index in [4.69, 9.17) is 11.5 Å². The number of fused-ring (bicyclic) bond motifs is 1. The second kappa shape index (κ2) is 3.00. The molecular weight excluding hydrogens is 167 g/mol. The van der Waals surface area contributed by atoms with Crippen LogP contribution < -0.4 is 11.5 Å². The number of aryl methyl sites for hydroxylation is 1. The molecule has 2 nitrogen and oxygen atoms in total. The molecule has 1 aromatic rings. The predicted molar refractivity (Wildman–Crippen MR) is 50.7 cm³/mol. The first-order valence-corrected chi connectivity index (χ1v) is 4.52. The van der Waals surface area contributed by atoms with Gasteiger partial charge < -0.3 is 11.5 Å². The maximum Gasteiger partial charge on any atom is 0.146 e. The Morgan fingerprint density at radius 2 is 2.15 bits per heavy atom. The van der Waals surface area contributed by atoms with Crippen molar-refractivity contribution in [2.45, 2.75) is 25.3 Å². The number of nitrogens with two attached hydrogens (primary N) is 2. The third kappa shape index (κ3) is 1.40. The van der Waals surface area contributed by atoms with E-state index < -0.39 is 0 Å². The molecule has 0 saturated carbocycles. The molecule has 0 bridgehead atoms. The molecule has 1 unspecified atom stereocenters. The van der Waals surface area contributed by atoms with Crippen molar-refractivity contribution in [1.29, 1.82) is 0 Å². The summed E-state index contributed by atoms with van der Waals surface area (Å²) in [6, 6.07) is 3.23. The molecule has 13 heavy (non-hydrogen) atoms. The first-order valence-electron chi connectivity index (χ1n) is 4.52. The van der Waals surface area contributed by atoms with Crippen molar-refractivity contribution in [1.82, 2.24) is 0 Å². The second-order valence-electron chi connectivity index (χ2n) is 3.57. The van der Waals surface area contributed by atoms with Gasteiger partial charge in [-0.1, -0.05) is 0 Å². The Morgan fingerprint density at radius 1 is 1.38 bits per heavy atom. The van der Waals surface area contributed by atoms with Crippen LogP contribution in [0.5, 0.6) is 0 Å². The van der Waals surface area contributed by atoms with Crippen molar-refractivity contribution in [2.24, 2.45) is 5.73 Å². The van der Waals surface area contributed by atoms with Crippen molar-refractivity contribution >= 4 is 5.69 Å². The summed E-state index contributed by atoms with van der Waals surface area (Å²) >= 11 is 0. The Balaban J connectivity index is 2.52. The largest absolute Gasteiger partial charge is 0.396 e. The first kappa shape index (κ1) is 8.51. The van der Waals surface area contributed by atoms with Crippen molar-refractivity contribution in [3.63, 3.8) is 0 Å². The van der Waals surface area contributed by atoms with Gasteiger partial charge in [0, 0.05) is 6.04 Å². The molecule has 1 aliphatic carbocycles. The zero-order chi connectivity index (χ0) is 9.42. The van der Waals surface area contributed by atoms with E-state index in [-0.39, 0.29) is 17.5 Å². The molecule has 0 saturated heterocycles. The Labute approximate surface area is 76.7 Å².